The van der Waals surface area contributed by atoms with Crippen LogP contribution < -0.4 is 0 Å². The summed E-state index contributed by atoms with van der Waals surface area (Å²) in [6, 6.07) is 0. The van der Waals surface area contributed by atoms with Crippen molar-refractivity contribution in [1.29, 1.82) is 0 Å². The molecule has 0 bridgehead atoms. The molecule has 15 heavy (non-hydrogen) atoms. The summed E-state index contributed by atoms with van der Waals surface area (Å²) in [5.41, 5.74) is -0.290. The van der Waals surface area contributed by atoms with Gasteiger partial charge in [-0.15, -0.1) is 0 Å². The van der Waals surface area contributed by atoms with Crippen LogP contribution in [0.15, 0.2) is 0 Å². The van der Waals surface area contributed by atoms with Crippen molar-refractivity contribution in [2.45, 2.75) is 45.7 Å². The Morgan fingerprint density at radius 1 is 1.47 bits per heavy atom. The zero-order valence-electron chi connectivity index (χ0n) is 9.73. The molecule has 2 unspecified atom stereocenters. The van der Waals surface area contributed by atoms with Crippen LogP contribution in [0.3, 0.4) is 0 Å². The van der Waals surface area contributed by atoms with Gasteiger partial charge in [-0.1, -0.05) is 20.8 Å². The van der Waals surface area contributed by atoms with E-state index < -0.39 is 7.37 Å². The summed E-state index contributed by atoms with van der Waals surface area (Å²) in [6.45, 7) is 5.57. The third-order valence-electron chi connectivity index (χ3n) is 2.32. The fraction of sp³-hybridized carbons (Fsp3) is 0.900. The molecule has 0 saturated carbocycles. The molecule has 0 aromatic heterocycles. The van der Waals surface area contributed by atoms with E-state index in [0.717, 1.165) is 0 Å². The van der Waals surface area contributed by atoms with Crippen LogP contribution in [0.2, 0.25) is 0 Å². The highest BCUT2D eigenvalue weighted by Crippen LogP contribution is 2.47. The minimum atomic E-state index is -3.04. The number of esters is 1. The fourth-order valence-corrected chi connectivity index (χ4v) is 2.78. The Morgan fingerprint density at radius 3 is 2.53 bits per heavy atom. The summed E-state index contributed by atoms with van der Waals surface area (Å²) in [6.07, 6.45) is 1.85. The second-order valence-electron chi connectivity index (χ2n) is 3.69. The number of rotatable bonds is 7. The van der Waals surface area contributed by atoms with Gasteiger partial charge in [-0.25, -0.2) is 0 Å². The molecule has 0 aliphatic carbocycles. The van der Waals surface area contributed by atoms with Gasteiger partial charge in [-0.05, 0) is 12.8 Å². The maximum absolute atomic E-state index is 11.7. The van der Waals surface area contributed by atoms with Crippen LogP contribution in [0.4, 0.5) is 0 Å². The normalized spacial score (nSPS) is 16.8. The Hall–Kier alpha value is -0.340. The van der Waals surface area contributed by atoms with E-state index in [-0.39, 0.29) is 18.2 Å². The molecule has 0 aliphatic rings. The summed E-state index contributed by atoms with van der Waals surface area (Å²) < 4.78 is 16.5. The number of hydrogen-bond donors (Lipinski definition) is 1. The van der Waals surface area contributed by atoms with E-state index in [4.69, 9.17) is 4.74 Å². The predicted octanol–water partition coefficient (Wildman–Crippen LogP) is 2.40. The van der Waals surface area contributed by atoms with Crippen LogP contribution in [-0.2, 0) is 14.1 Å². The molecule has 2 atom stereocenters. The lowest BCUT2D eigenvalue weighted by Crippen LogP contribution is -2.12. The Morgan fingerprint density at radius 2 is 2.07 bits per heavy atom. The van der Waals surface area contributed by atoms with Crippen LogP contribution in [0.1, 0.15) is 40.0 Å². The molecule has 0 aromatic carbocycles. The zero-order chi connectivity index (χ0) is 11.9. The summed E-state index contributed by atoms with van der Waals surface area (Å²) in [5, 5.41) is 0. The molecule has 0 amide bonds. The van der Waals surface area contributed by atoms with Crippen LogP contribution in [-0.4, -0.2) is 29.3 Å². The lowest BCUT2D eigenvalue weighted by molar-refractivity contribution is -0.143. The lowest BCUT2D eigenvalue weighted by atomic mass is 10.3. The SMILES string of the molecule is CCCP(=O)(O)C(C)CCOC(=O)CC. The molecule has 0 rings (SSSR count). The molecular weight excluding hydrogens is 215 g/mol. The first-order valence-electron chi connectivity index (χ1n) is 5.41. The van der Waals surface area contributed by atoms with Crippen molar-refractivity contribution < 1.29 is 19.0 Å². The number of carbonyl (C=O) groups excluding carboxylic acids is 1. The van der Waals surface area contributed by atoms with Gasteiger partial charge in [-0.3, -0.25) is 9.36 Å². The average Bonchev–Trinajstić information content (AvgIpc) is 2.17. The monoisotopic (exact) mass is 236 g/mol. The Kier molecular flexibility index (Phi) is 6.86. The maximum atomic E-state index is 11.7. The van der Waals surface area contributed by atoms with Crippen molar-refractivity contribution in [1.82, 2.24) is 0 Å². The van der Waals surface area contributed by atoms with Crippen LogP contribution in [0.5, 0.6) is 0 Å². The van der Waals surface area contributed by atoms with E-state index in [1.165, 1.54) is 0 Å². The molecule has 90 valence electrons. The largest absolute Gasteiger partial charge is 0.466 e. The summed E-state index contributed by atoms with van der Waals surface area (Å²) in [7, 11) is -3.04. The Bertz CT molecular complexity index is 240. The quantitative estimate of drug-likeness (QED) is 0.544. The van der Waals surface area contributed by atoms with Crippen molar-refractivity contribution in [2.24, 2.45) is 0 Å². The lowest BCUT2D eigenvalue weighted by Gasteiger charge is -2.18. The highest BCUT2D eigenvalue weighted by atomic mass is 31.2. The molecule has 0 aliphatic heterocycles. The highest BCUT2D eigenvalue weighted by Gasteiger charge is 2.25. The van der Waals surface area contributed by atoms with Gasteiger partial charge >= 0.3 is 5.97 Å². The molecule has 1 N–H and O–H groups in total. The van der Waals surface area contributed by atoms with Gasteiger partial charge in [0.25, 0.3) is 0 Å². The van der Waals surface area contributed by atoms with Crippen molar-refractivity contribution in [3.8, 4) is 0 Å². The number of hydrogen-bond acceptors (Lipinski definition) is 3. The van der Waals surface area contributed by atoms with E-state index >= 15 is 0 Å². The zero-order valence-corrected chi connectivity index (χ0v) is 10.6. The van der Waals surface area contributed by atoms with Crippen molar-refractivity contribution >= 4 is 13.3 Å². The minimum Gasteiger partial charge on any atom is -0.466 e. The molecule has 0 spiro atoms. The van der Waals surface area contributed by atoms with Gasteiger partial charge in [0.15, 0.2) is 0 Å². The van der Waals surface area contributed by atoms with E-state index in [9.17, 15) is 14.3 Å². The van der Waals surface area contributed by atoms with Gasteiger partial charge in [-0.2, -0.15) is 0 Å². The van der Waals surface area contributed by atoms with Crippen LogP contribution >= 0.6 is 7.37 Å². The van der Waals surface area contributed by atoms with Gasteiger partial charge in [0.1, 0.15) is 0 Å². The van der Waals surface area contributed by atoms with E-state index in [1.54, 1.807) is 13.8 Å². The fourth-order valence-electron chi connectivity index (χ4n) is 1.19. The molecule has 0 saturated heterocycles. The molecule has 0 fully saturated rings. The van der Waals surface area contributed by atoms with Gasteiger partial charge < -0.3 is 9.63 Å². The van der Waals surface area contributed by atoms with E-state index in [2.05, 4.69) is 0 Å². The summed E-state index contributed by atoms with van der Waals surface area (Å²) in [4.78, 5) is 20.4. The third kappa shape index (κ3) is 5.95. The molecule has 0 heterocycles. The van der Waals surface area contributed by atoms with E-state index in [1.807, 2.05) is 6.92 Å². The van der Waals surface area contributed by atoms with Crippen molar-refractivity contribution in [3.05, 3.63) is 0 Å². The average molecular weight is 236 g/mol. The van der Waals surface area contributed by atoms with Gasteiger partial charge in [0.2, 0.25) is 7.37 Å². The molecule has 0 radical (unpaired) electrons. The predicted molar refractivity (Wildman–Crippen MR) is 60.3 cm³/mol. The first kappa shape index (κ1) is 14.7. The second kappa shape index (κ2) is 7.02. The van der Waals surface area contributed by atoms with E-state index in [0.29, 0.717) is 25.4 Å². The standard InChI is InChI=1S/C10H21O4P/c1-4-8-15(12,13)9(3)6-7-14-10(11)5-2/h9H,4-8H2,1-3H3,(H,12,13). The number of ether oxygens (including phenoxy) is 1. The van der Waals surface area contributed by atoms with Crippen molar-refractivity contribution in [2.75, 3.05) is 12.8 Å². The first-order chi connectivity index (χ1) is 6.94. The Balaban J connectivity index is 3.87. The first-order valence-corrected chi connectivity index (χ1v) is 7.32. The summed E-state index contributed by atoms with van der Waals surface area (Å²) >= 11 is 0. The van der Waals surface area contributed by atoms with Crippen LogP contribution in [0, 0.1) is 0 Å². The molecule has 0 aromatic rings. The smallest absolute Gasteiger partial charge is 0.305 e. The Labute approximate surface area is 91.5 Å². The van der Waals surface area contributed by atoms with Crippen molar-refractivity contribution in [3.63, 3.8) is 0 Å². The molecule has 4 nitrogen and oxygen atoms in total. The van der Waals surface area contributed by atoms with Crippen LogP contribution in [0.25, 0.3) is 0 Å². The highest BCUT2D eigenvalue weighted by molar-refractivity contribution is 7.58. The third-order valence-corrected chi connectivity index (χ3v) is 5.04. The minimum absolute atomic E-state index is 0.238. The summed E-state index contributed by atoms with van der Waals surface area (Å²) in [5.74, 6) is -0.259. The maximum Gasteiger partial charge on any atom is 0.305 e. The second-order valence-corrected chi connectivity index (χ2v) is 6.53. The number of carbonyl (C=O) groups is 1. The molecule has 5 heteroatoms. The van der Waals surface area contributed by atoms with Gasteiger partial charge in [0, 0.05) is 18.2 Å². The topological polar surface area (TPSA) is 63.6 Å². The molecular formula is C10H21O4P. The van der Waals surface area contributed by atoms with Gasteiger partial charge in [0.05, 0.1) is 6.61 Å².